The zero-order chi connectivity index (χ0) is 9.84. The van der Waals surface area contributed by atoms with Gasteiger partial charge < -0.3 is 0 Å². The Labute approximate surface area is 81.9 Å². The summed E-state index contributed by atoms with van der Waals surface area (Å²) >= 11 is 1.50. The summed E-state index contributed by atoms with van der Waals surface area (Å²) in [7, 11) is 0. The lowest BCUT2D eigenvalue weighted by Crippen LogP contribution is -2.31. The summed E-state index contributed by atoms with van der Waals surface area (Å²) in [6, 6.07) is 0. The number of hydrogen-bond donors (Lipinski definition) is 0. The minimum Gasteiger partial charge on any atom is -0.274 e. The summed E-state index contributed by atoms with van der Waals surface area (Å²) in [5.41, 5.74) is 0. The summed E-state index contributed by atoms with van der Waals surface area (Å²) in [5.74, 6) is 2.87. The minimum absolute atomic E-state index is 0.110. The van der Waals surface area contributed by atoms with E-state index in [1.807, 2.05) is 6.92 Å². The Morgan fingerprint density at radius 2 is 2.38 bits per heavy atom. The molecule has 0 aromatic rings. The quantitative estimate of drug-likeness (QED) is 0.488. The van der Waals surface area contributed by atoms with E-state index < -0.39 is 0 Å². The summed E-state index contributed by atoms with van der Waals surface area (Å²) in [6.07, 6.45) is 5.35. The number of imide groups is 1. The van der Waals surface area contributed by atoms with Crippen LogP contribution < -0.4 is 0 Å². The van der Waals surface area contributed by atoms with Gasteiger partial charge in [-0.3, -0.25) is 14.5 Å². The molecule has 0 aliphatic carbocycles. The van der Waals surface area contributed by atoms with Crippen LogP contribution in [0.3, 0.4) is 0 Å². The fourth-order valence-corrected chi connectivity index (χ4v) is 2.17. The van der Waals surface area contributed by atoms with Crippen LogP contribution in [0.15, 0.2) is 0 Å². The van der Waals surface area contributed by atoms with Gasteiger partial charge in [0, 0.05) is 6.42 Å². The first-order chi connectivity index (χ1) is 6.20. The van der Waals surface area contributed by atoms with Crippen molar-refractivity contribution in [1.29, 1.82) is 0 Å². The second-order valence-electron chi connectivity index (χ2n) is 2.67. The highest BCUT2D eigenvalue weighted by Gasteiger charge is 2.37. The topological polar surface area (TPSA) is 37.4 Å². The van der Waals surface area contributed by atoms with Crippen molar-refractivity contribution in [2.24, 2.45) is 0 Å². The first kappa shape index (κ1) is 10.1. The lowest BCUT2D eigenvalue weighted by Gasteiger charge is -2.10. The monoisotopic (exact) mass is 197 g/mol. The van der Waals surface area contributed by atoms with Crippen molar-refractivity contribution in [3.8, 4) is 12.3 Å². The summed E-state index contributed by atoms with van der Waals surface area (Å²) in [5, 5.41) is -0.203. The van der Waals surface area contributed by atoms with Crippen LogP contribution >= 0.6 is 11.8 Å². The third kappa shape index (κ3) is 2.04. The molecule has 1 aliphatic heterocycles. The van der Waals surface area contributed by atoms with Crippen molar-refractivity contribution in [3.05, 3.63) is 0 Å². The predicted molar refractivity (Wildman–Crippen MR) is 52.1 cm³/mol. The van der Waals surface area contributed by atoms with Crippen molar-refractivity contribution < 1.29 is 9.59 Å². The molecule has 1 fully saturated rings. The van der Waals surface area contributed by atoms with E-state index >= 15 is 0 Å². The van der Waals surface area contributed by atoms with Crippen molar-refractivity contribution in [2.75, 3.05) is 12.3 Å². The van der Waals surface area contributed by atoms with Gasteiger partial charge in [-0.1, -0.05) is 12.8 Å². The molecular formula is C9H11NO2S. The van der Waals surface area contributed by atoms with Crippen LogP contribution in [0.1, 0.15) is 13.3 Å². The number of carbonyl (C=O) groups is 2. The van der Waals surface area contributed by atoms with Crippen LogP contribution in [0.25, 0.3) is 0 Å². The van der Waals surface area contributed by atoms with Gasteiger partial charge in [0.2, 0.25) is 11.8 Å². The molecule has 0 radical (unpaired) electrons. The zero-order valence-electron chi connectivity index (χ0n) is 7.45. The molecule has 0 N–H and O–H groups in total. The minimum atomic E-state index is -0.203. The number of rotatable bonds is 3. The first-order valence-electron chi connectivity index (χ1n) is 4.10. The molecule has 2 amide bonds. The Balaban J connectivity index is 2.65. The molecule has 0 bridgehead atoms. The average molecular weight is 197 g/mol. The standard InChI is InChI=1S/C9H11NO2S/c1-3-5-10-8(11)6-7(9(10)12)13-4-2/h1,7H,4-6H2,2H3. The van der Waals surface area contributed by atoms with Crippen LogP contribution in [-0.2, 0) is 9.59 Å². The third-order valence-corrected chi connectivity index (χ3v) is 2.92. The summed E-state index contributed by atoms with van der Waals surface area (Å²) in [4.78, 5) is 23.9. The van der Waals surface area contributed by atoms with Gasteiger partial charge in [-0.15, -0.1) is 18.2 Å². The van der Waals surface area contributed by atoms with Gasteiger partial charge >= 0.3 is 0 Å². The van der Waals surface area contributed by atoms with Crippen LogP contribution in [0.5, 0.6) is 0 Å². The van der Waals surface area contributed by atoms with E-state index in [1.165, 1.54) is 11.8 Å². The molecule has 1 unspecified atom stereocenters. The molecule has 0 spiro atoms. The molecule has 4 heteroatoms. The molecule has 0 saturated carbocycles. The molecule has 1 heterocycles. The van der Waals surface area contributed by atoms with Gasteiger partial charge in [0.25, 0.3) is 0 Å². The first-order valence-corrected chi connectivity index (χ1v) is 5.14. The SMILES string of the molecule is C#CCN1C(=O)CC(SCC)C1=O. The summed E-state index contributed by atoms with van der Waals surface area (Å²) in [6.45, 7) is 2.07. The Hall–Kier alpha value is -0.950. The van der Waals surface area contributed by atoms with E-state index in [1.54, 1.807) is 0 Å². The average Bonchev–Trinajstić information content (AvgIpc) is 2.34. The van der Waals surface area contributed by atoms with Gasteiger partial charge in [-0.2, -0.15) is 0 Å². The normalized spacial score (nSPS) is 22.2. The smallest absolute Gasteiger partial charge is 0.243 e. The zero-order valence-corrected chi connectivity index (χ0v) is 8.26. The maximum absolute atomic E-state index is 11.5. The van der Waals surface area contributed by atoms with Crippen molar-refractivity contribution in [1.82, 2.24) is 4.90 Å². The van der Waals surface area contributed by atoms with E-state index in [2.05, 4.69) is 5.92 Å². The number of terminal acetylenes is 1. The fourth-order valence-electron chi connectivity index (χ4n) is 1.24. The molecule has 13 heavy (non-hydrogen) atoms. The molecule has 1 saturated heterocycles. The molecule has 1 aliphatic rings. The van der Waals surface area contributed by atoms with Crippen molar-refractivity contribution >= 4 is 23.6 Å². The summed E-state index contributed by atoms with van der Waals surface area (Å²) < 4.78 is 0. The van der Waals surface area contributed by atoms with E-state index in [9.17, 15) is 9.59 Å². The Bertz CT molecular complexity index is 269. The van der Waals surface area contributed by atoms with Gasteiger partial charge in [-0.25, -0.2) is 0 Å². The van der Waals surface area contributed by atoms with Crippen molar-refractivity contribution in [2.45, 2.75) is 18.6 Å². The number of likely N-dealkylation sites (tertiary alicyclic amines) is 1. The van der Waals surface area contributed by atoms with E-state index in [0.29, 0.717) is 6.42 Å². The van der Waals surface area contributed by atoms with E-state index in [-0.39, 0.29) is 23.6 Å². The molecule has 0 aromatic heterocycles. The van der Waals surface area contributed by atoms with Crippen LogP contribution in [0, 0.1) is 12.3 Å². The molecule has 70 valence electrons. The van der Waals surface area contributed by atoms with Crippen LogP contribution in [-0.4, -0.2) is 34.3 Å². The largest absolute Gasteiger partial charge is 0.274 e. The molecule has 1 atom stereocenters. The highest BCUT2D eigenvalue weighted by Crippen LogP contribution is 2.24. The maximum Gasteiger partial charge on any atom is 0.243 e. The van der Waals surface area contributed by atoms with Gasteiger partial charge in [0.15, 0.2) is 0 Å². The second-order valence-corrected chi connectivity index (χ2v) is 4.15. The van der Waals surface area contributed by atoms with E-state index in [4.69, 9.17) is 6.42 Å². The maximum atomic E-state index is 11.5. The molecule has 3 nitrogen and oxygen atoms in total. The second kappa shape index (κ2) is 4.33. The van der Waals surface area contributed by atoms with Crippen LogP contribution in [0.4, 0.5) is 0 Å². The fraction of sp³-hybridized carbons (Fsp3) is 0.556. The molecule has 0 aromatic carbocycles. The van der Waals surface area contributed by atoms with Gasteiger partial charge in [-0.05, 0) is 5.75 Å². The van der Waals surface area contributed by atoms with E-state index in [0.717, 1.165) is 10.7 Å². The lowest BCUT2D eigenvalue weighted by atomic mass is 10.4. The number of thioether (sulfide) groups is 1. The number of nitrogens with zero attached hydrogens (tertiary/aromatic N) is 1. The highest BCUT2D eigenvalue weighted by atomic mass is 32.2. The van der Waals surface area contributed by atoms with Gasteiger partial charge in [0.1, 0.15) is 0 Å². The lowest BCUT2D eigenvalue weighted by molar-refractivity contribution is -0.137. The molecular weight excluding hydrogens is 186 g/mol. The Kier molecular flexibility index (Phi) is 3.38. The number of carbonyl (C=O) groups excluding carboxylic acids is 2. The van der Waals surface area contributed by atoms with Gasteiger partial charge in [0.05, 0.1) is 11.8 Å². The third-order valence-electron chi connectivity index (χ3n) is 1.82. The Morgan fingerprint density at radius 1 is 1.69 bits per heavy atom. The molecule has 1 rings (SSSR count). The number of hydrogen-bond acceptors (Lipinski definition) is 3. The Morgan fingerprint density at radius 3 is 2.92 bits per heavy atom. The van der Waals surface area contributed by atoms with Crippen molar-refractivity contribution in [3.63, 3.8) is 0 Å². The predicted octanol–water partition coefficient (Wildman–Crippen LogP) is 0.500. The van der Waals surface area contributed by atoms with Crippen LogP contribution in [0.2, 0.25) is 0 Å². The highest BCUT2D eigenvalue weighted by molar-refractivity contribution is 8.00. The number of amides is 2.